The Hall–Kier alpha value is -2.92. The van der Waals surface area contributed by atoms with Crippen LogP contribution in [0.2, 0.25) is 0 Å². The van der Waals surface area contributed by atoms with Crippen LogP contribution in [0.3, 0.4) is 0 Å². The van der Waals surface area contributed by atoms with E-state index in [0.29, 0.717) is 12.8 Å². The van der Waals surface area contributed by atoms with Crippen LogP contribution < -0.4 is 0 Å². The second kappa shape index (κ2) is 49.4. The molecule has 1 unspecified atom stereocenters. The third-order valence-electron chi connectivity index (χ3n) is 10.4. The molecular formula is C54H92O5. The van der Waals surface area contributed by atoms with E-state index in [2.05, 4.69) is 98.9 Å². The summed E-state index contributed by atoms with van der Waals surface area (Å²) in [5.74, 6) is -0.603. The summed E-state index contributed by atoms with van der Waals surface area (Å²) in [6.45, 7) is 4.01. The molecular weight excluding hydrogens is 729 g/mol. The van der Waals surface area contributed by atoms with Crippen LogP contribution in [0.25, 0.3) is 0 Å². The Labute approximate surface area is 365 Å². The third kappa shape index (κ3) is 47.6. The molecule has 0 heterocycles. The highest BCUT2D eigenvalue weighted by Gasteiger charge is 2.16. The number of carbonyl (C=O) groups is 2. The molecule has 0 saturated carbocycles. The van der Waals surface area contributed by atoms with Gasteiger partial charge in [-0.2, -0.15) is 0 Å². The summed E-state index contributed by atoms with van der Waals surface area (Å²) >= 11 is 0. The number of hydrogen-bond acceptors (Lipinski definition) is 5. The molecule has 0 rings (SSSR count). The Morgan fingerprint density at radius 2 is 0.729 bits per heavy atom. The fraction of sp³-hybridized carbons (Fsp3) is 0.704. The van der Waals surface area contributed by atoms with Crippen LogP contribution in [0.15, 0.2) is 85.1 Å². The molecule has 0 aliphatic heterocycles. The van der Waals surface area contributed by atoms with Crippen molar-refractivity contribution >= 4 is 11.9 Å². The van der Waals surface area contributed by atoms with Crippen LogP contribution in [0.4, 0.5) is 0 Å². The number of aliphatic hydroxyl groups is 1. The van der Waals surface area contributed by atoms with E-state index in [1.165, 1.54) is 116 Å². The summed E-state index contributed by atoms with van der Waals surface area (Å²) in [6, 6.07) is 0. The minimum Gasteiger partial charge on any atom is -0.462 e. The molecule has 0 saturated heterocycles. The van der Waals surface area contributed by atoms with Gasteiger partial charge in [-0.15, -0.1) is 0 Å². The summed E-state index contributed by atoms with van der Waals surface area (Å²) in [6.07, 6.45) is 68.1. The predicted molar refractivity (Wildman–Crippen MR) is 256 cm³/mol. The largest absolute Gasteiger partial charge is 0.462 e. The van der Waals surface area contributed by atoms with Gasteiger partial charge >= 0.3 is 11.9 Å². The average molecular weight is 821 g/mol. The predicted octanol–water partition coefficient (Wildman–Crippen LogP) is 16.2. The molecule has 0 amide bonds. The fourth-order valence-corrected chi connectivity index (χ4v) is 6.73. The average Bonchev–Trinajstić information content (AvgIpc) is 3.24. The van der Waals surface area contributed by atoms with Crippen molar-refractivity contribution in [2.45, 2.75) is 232 Å². The lowest BCUT2D eigenvalue weighted by Crippen LogP contribution is -2.28. The number of ether oxygens (including phenoxy) is 2. The van der Waals surface area contributed by atoms with Crippen molar-refractivity contribution in [3.8, 4) is 0 Å². The summed E-state index contributed by atoms with van der Waals surface area (Å²) in [7, 11) is 0. The van der Waals surface area contributed by atoms with Crippen molar-refractivity contribution in [1.29, 1.82) is 0 Å². The summed E-state index contributed by atoms with van der Waals surface area (Å²) in [5, 5.41) is 9.60. The number of rotatable bonds is 44. The molecule has 0 aliphatic carbocycles. The molecule has 5 nitrogen and oxygen atoms in total. The maximum absolute atomic E-state index is 12.2. The van der Waals surface area contributed by atoms with Crippen LogP contribution in [0.1, 0.15) is 226 Å². The molecule has 0 aliphatic rings. The quantitative estimate of drug-likeness (QED) is 0.0376. The minimum atomic E-state index is -0.779. The van der Waals surface area contributed by atoms with Gasteiger partial charge in [0.15, 0.2) is 6.10 Å². The number of carbonyl (C=O) groups excluding carboxylic acids is 2. The van der Waals surface area contributed by atoms with Crippen LogP contribution in [0, 0.1) is 0 Å². The Kier molecular flexibility index (Phi) is 47.0. The van der Waals surface area contributed by atoms with Crippen molar-refractivity contribution in [3.05, 3.63) is 85.1 Å². The summed E-state index contributed by atoms with van der Waals surface area (Å²) in [4.78, 5) is 24.4. The first-order chi connectivity index (χ1) is 29.1. The molecule has 5 heteroatoms. The molecule has 0 fully saturated rings. The van der Waals surface area contributed by atoms with E-state index in [0.717, 1.165) is 83.5 Å². The summed E-state index contributed by atoms with van der Waals surface area (Å²) in [5.41, 5.74) is 0. The maximum atomic E-state index is 12.2. The lowest BCUT2D eigenvalue weighted by Gasteiger charge is -2.15. The zero-order valence-corrected chi connectivity index (χ0v) is 38.5. The van der Waals surface area contributed by atoms with Crippen LogP contribution in [-0.4, -0.2) is 36.4 Å². The minimum absolute atomic E-state index is 0.0731. The lowest BCUT2D eigenvalue weighted by atomic mass is 10.0. The molecule has 0 aromatic heterocycles. The Balaban J connectivity index is 3.53. The highest BCUT2D eigenvalue weighted by atomic mass is 16.6. The molecule has 0 spiro atoms. The van der Waals surface area contributed by atoms with E-state index in [9.17, 15) is 14.7 Å². The standard InChI is InChI=1S/C54H92O5/c1-3-5-7-9-11-13-15-17-19-20-21-22-23-24-25-26-27-28-29-30-31-32-33-34-35-37-39-41-43-45-47-49-54(57)59-52(50-55)51-58-53(56)48-46-44-42-40-38-36-18-16-14-12-10-8-6-4-2/h5,7,11,13,16-19,21-22,24-25,27-28,52,55H,3-4,6,8-10,12,14-15,20,23,26,29-51H2,1-2H3/b7-5-,13-11-,18-16-,19-17-,22-21-,25-24-,28-27-. The third-order valence-corrected chi connectivity index (χ3v) is 10.4. The highest BCUT2D eigenvalue weighted by molar-refractivity contribution is 5.70. The zero-order chi connectivity index (χ0) is 42.8. The van der Waals surface area contributed by atoms with Gasteiger partial charge in [0.2, 0.25) is 0 Å². The Bertz CT molecular complexity index is 1110. The van der Waals surface area contributed by atoms with Crippen molar-refractivity contribution < 1.29 is 24.2 Å². The number of allylic oxidation sites excluding steroid dienone is 14. The Morgan fingerprint density at radius 3 is 1.12 bits per heavy atom. The van der Waals surface area contributed by atoms with Crippen molar-refractivity contribution in [3.63, 3.8) is 0 Å². The highest BCUT2D eigenvalue weighted by Crippen LogP contribution is 2.14. The van der Waals surface area contributed by atoms with E-state index >= 15 is 0 Å². The Morgan fingerprint density at radius 1 is 0.407 bits per heavy atom. The van der Waals surface area contributed by atoms with Gasteiger partial charge < -0.3 is 14.6 Å². The van der Waals surface area contributed by atoms with Crippen molar-refractivity contribution in [2.75, 3.05) is 13.2 Å². The van der Waals surface area contributed by atoms with E-state index < -0.39 is 6.10 Å². The first kappa shape index (κ1) is 56.1. The first-order valence-corrected chi connectivity index (χ1v) is 24.6. The van der Waals surface area contributed by atoms with Gasteiger partial charge in [-0.1, -0.05) is 208 Å². The van der Waals surface area contributed by atoms with E-state index in [1.807, 2.05) is 0 Å². The fourth-order valence-electron chi connectivity index (χ4n) is 6.73. The summed E-state index contributed by atoms with van der Waals surface area (Å²) < 4.78 is 10.6. The molecule has 59 heavy (non-hydrogen) atoms. The molecule has 0 aromatic rings. The van der Waals surface area contributed by atoms with E-state index in [-0.39, 0.29) is 25.2 Å². The smallest absolute Gasteiger partial charge is 0.306 e. The monoisotopic (exact) mass is 821 g/mol. The zero-order valence-electron chi connectivity index (χ0n) is 38.5. The SMILES string of the molecule is CC/C=C\C/C=C\C/C=C\C/C=C\C/C=C\C/C=C\CCCCCCCCCCCCCCC(=O)OC(CO)COC(=O)CCCCCCC/C=C\CCCCCCC. The van der Waals surface area contributed by atoms with Crippen LogP contribution in [-0.2, 0) is 19.1 Å². The van der Waals surface area contributed by atoms with Crippen LogP contribution in [0.5, 0.6) is 0 Å². The normalized spacial score (nSPS) is 12.9. The molecule has 0 radical (unpaired) electrons. The molecule has 338 valence electrons. The number of unbranched alkanes of at least 4 members (excludes halogenated alkanes) is 22. The van der Waals surface area contributed by atoms with Crippen molar-refractivity contribution in [1.82, 2.24) is 0 Å². The van der Waals surface area contributed by atoms with Gasteiger partial charge in [0, 0.05) is 12.8 Å². The second-order valence-electron chi connectivity index (χ2n) is 16.2. The van der Waals surface area contributed by atoms with E-state index in [1.54, 1.807) is 0 Å². The molecule has 0 bridgehead atoms. The van der Waals surface area contributed by atoms with Gasteiger partial charge in [0.05, 0.1) is 6.61 Å². The van der Waals surface area contributed by atoms with Crippen LogP contribution >= 0.6 is 0 Å². The first-order valence-electron chi connectivity index (χ1n) is 24.6. The second-order valence-corrected chi connectivity index (χ2v) is 16.2. The number of hydrogen-bond donors (Lipinski definition) is 1. The maximum Gasteiger partial charge on any atom is 0.306 e. The van der Waals surface area contributed by atoms with Crippen molar-refractivity contribution in [2.24, 2.45) is 0 Å². The van der Waals surface area contributed by atoms with Gasteiger partial charge in [0.1, 0.15) is 6.61 Å². The van der Waals surface area contributed by atoms with Gasteiger partial charge in [-0.3, -0.25) is 9.59 Å². The lowest BCUT2D eigenvalue weighted by molar-refractivity contribution is -0.161. The van der Waals surface area contributed by atoms with E-state index in [4.69, 9.17) is 9.47 Å². The van der Waals surface area contributed by atoms with Gasteiger partial charge in [-0.05, 0) is 89.9 Å². The molecule has 1 N–H and O–H groups in total. The molecule has 1 atom stereocenters. The van der Waals surface area contributed by atoms with Gasteiger partial charge in [0.25, 0.3) is 0 Å². The number of aliphatic hydroxyl groups excluding tert-OH is 1. The van der Waals surface area contributed by atoms with Gasteiger partial charge in [-0.25, -0.2) is 0 Å². The topological polar surface area (TPSA) is 72.8 Å². The number of esters is 2. The molecule has 0 aromatic carbocycles.